The highest BCUT2D eigenvalue weighted by atomic mass is 35.5. The first-order valence-electron chi connectivity index (χ1n) is 5.68. The van der Waals surface area contributed by atoms with Gasteiger partial charge in [-0.25, -0.2) is 10.8 Å². The number of hydrogen-bond acceptors (Lipinski definition) is 4. The van der Waals surface area contributed by atoms with E-state index in [-0.39, 0.29) is 0 Å². The Morgan fingerprint density at radius 2 is 2.06 bits per heavy atom. The monoisotopic (exact) mass is 274 g/mol. The summed E-state index contributed by atoms with van der Waals surface area (Å²) in [6, 6.07) is 1.63. The van der Waals surface area contributed by atoms with Gasteiger partial charge in [0.1, 0.15) is 5.82 Å². The minimum absolute atomic E-state index is 0.415. The molecular weight excluding hydrogens is 259 g/mol. The van der Waals surface area contributed by atoms with Crippen LogP contribution in [0, 0.1) is 11.8 Å². The van der Waals surface area contributed by atoms with E-state index in [0.29, 0.717) is 27.6 Å². The quantitative estimate of drug-likeness (QED) is 0.570. The van der Waals surface area contributed by atoms with Crippen molar-refractivity contribution in [3.63, 3.8) is 0 Å². The highest BCUT2D eigenvalue weighted by Crippen LogP contribution is 2.37. The van der Waals surface area contributed by atoms with Crippen LogP contribution in [-0.2, 0) is 0 Å². The Labute approximate surface area is 111 Å². The van der Waals surface area contributed by atoms with Crippen molar-refractivity contribution in [2.45, 2.75) is 19.8 Å². The number of hydrogen-bond donors (Lipinski definition) is 3. The zero-order valence-electron chi connectivity index (χ0n) is 9.63. The molecule has 4 N–H and O–H groups in total. The van der Waals surface area contributed by atoms with Crippen LogP contribution in [0.25, 0.3) is 0 Å². The fraction of sp³-hybridized carbons (Fsp3) is 0.545. The van der Waals surface area contributed by atoms with Crippen molar-refractivity contribution < 1.29 is 0 Å². The molecule has 0 aliphatic heterocycles. The summed E-state index contributed by atoms with van der Waals surface area (Å²) < 4.78 is 0. The first-order valence-corrected chi connectivity index (χ1v) is 6.44. The fourth-order valence-electron chi connectivity index (χ4n) is 1.78. The topological polar surface area (TPSA) is 63.0 Å². The molecule has 0 saturated heterocycles. The number of anilines is 2. The van der Waals surface area contributed by atoms with Gasteiger partial charge in [-0.1, -0.05) is 30.1 Å². The second-order valence-corrected chi connectivity index (χ2v) is 5.30. The van der Waals surface area contributed by atoms with Crippen LogP contribution in [-0.4, -0.2) is 11.5 Å². The lowest BCUT2D eigenvalue weighted by atomic mass is 10.1. The van der Waals surface area contributed by atoms with Crippen LogP contribution in [0.5, 0.6) is 0 Å². The standard InChI is InChI=1S/C11H16Cl2N4/c1-6(7-2-3-7)5-15-10-8(12)4-9(13)11(16-10)17-14/h4,6-7H,2-3,5,14H2,1H3,(H2,15,16,17). The van der Waals surface area contributed by atoms with E-state index in [1.165, 1.54) is 12.8 Å². The van der Waals surface area contributed by atoms with E-state index in [1.807, 2.05) is 0 Å². The summed E-state index contributed by atoms with van der Waals surface area (Å²) in [5.41, 5.74) is 2.44. The molecule has 1 aliphatic rings. The molecule has 0 amide bonds. The summed E-state index contributed by atoms with van der Waals surface area (Å²) in [6.45, 7) is 3.10. The van der Waals surface area contributed by atoms with Gasteiger partial charge < -0.3 is 10.7 Å². The molecule has 1 aromatic heterocycles. The Hall–Kier alpha value is -0.710. The minimum Gasteiger partial charge on any atom is -0.368 e. The summed E-state index contributed by atoms with van der Waals surface area (Å²) in [6.07, 6.45) is 2.67. The first kappa shape index (κ1) is 12.7. The molecule has 94 valence electrons. The van der Waals surface area contributed by atoms with Crippen molar-refractivity contribution in [3.05, 3.63) is 16.1 Å². The predicted molar refractivity (Wildman–Crippen MR) is 72.4 cm³/mol. The van der Waals surface area contributed by atoms with Gasteiger partial charge in [0.05, 0.1) is 10.0 Å². The van der Waals surface area contributed by atoms with Crippen molar-refractivity contribution in [2.24, 2.45) is 17.7 Å². The van der Waals surface area contributed by atoms with Crippen LogP contribution in [0.15, 0.2) is 6.07 Å². The molecule has 0 aromatic carbocycles. The number of rotatable bonds is 5. The van der Waals surface area contributed by atoms with Crippen LogP contribution >= 0.6 is 23.2 Å². The Bertz CT molecular complexity index is 407. The Morgan fingerprint density at radius 1 is 1.41 bits per heavy atom. The van der Waals surface area contributed by atoms with Crippen LogP contribution in [0.4, 0.5) is 11.6 Å². The number of hydrazine groups is 1. The maximum absolute atomic E-state index is 6.06. The van der Waals surface area contributed by atoms with Crippen LogP contribution in [0.1, 0.15) is 19.8 Å². The molecule has 4 nitrogen and oxygen atoms in total. The summed E-state index contributed by atoms with van der Waals surface area (Å²) in [5, 5.41) is 4.16. The van der Waals surface area contributed by atoms with Crippen molar-refractivity contribution in [1.82, 2.24) is 4.98 Å². The van der Waals surface area contributed by atoms with Gasteiger partial charge in [-0.2, -0.15) is 0 Å². The van der Waals surface area contributed by atoms with E-state index in [0.717, 1.165) is 12.5 Å². The first-order chi connectivity index (χ1) is 8.11. The van der Waals surface area contributed by atoms with Gasteiger partial charge in [0, 0.05) is 6.54 Å². The zero-order chi connectivity index (χ0) is 12.4. The van der Waals surface area contributed by atoms with E-state index in [4.69, 9.17) is 29.0 Å². The number of nitrogens with zero attached hydrogens (tertiary/aromatic N) is 1. The molecule has 6 heteroatoms. The fourth-order valence-corrected chi connectivity index (χ4v) is 2.26. The summed E-state index contributed by atoms with van der Waals surface area (Å²) in [7, 11) is 0. The lowest BCUT2D eigenvalue weighted by molar-refractivity contribution is 0.536. The molecule has 1 aliphatic carbocycles. The molecule has 1 unspecified atom stereocenters. The van der Waals surface area contributed by atoms with E-state index < -0.39 is 0 Å². The van der Waals surface area contributed by atoms with Gasteiger partial charge in [-0.3, -0.25) is 0 Å². The molecule has 0 spiro atoms. The number of pyridine rings is 1. The average Bonchev–Trinajstić information content (AvgIpc) is 3.11. The normalized spacial score (nSPS) is 16.7. The molecule has 2 rings (SSSR count). The Kier molecular flexibility index (Phi) is 3.97. The maximum atomic E-state index is 6.06. The summed E-state index contributed by atoms with van der Waals surface area (Å²) in [4.78, 5) is 4.23. The average molecular weight is 275 g/mol. The lowest BCUT2D eigenvalue weighted by Gasteiger charge is -2.14. The van der Waals surface area contributed by atoms with Crippen LogP contribution in [0.2, 0.25) is 10.0 Å². The highest BCUT2D eigenvalue weighted by molar-refractivity contribution is 6.37. The predicted octanol–water partition coefficient (Wildman–Crippen LogP) is 3.13. The molecule has 1 fully saturated rings. The molecule has 17 heavy (non-hydrogen) atoms. The number of aromatic nitrogens is 1. The third kappa shape index (κ3) is 3.15. The molecule has 0 bridgehead atoms. The SMILES string of the molecule is CC(CNc1nc(NN)c(Cl)cc1Cl)C1CC1. The van der Waals surface area contributed by atoms with Gasteiger partial charge in [-0.15, -0.1) is 0 Å². The van der Waals surface area contributed by atoms with Gasteiger partial charge in [0.2, 0.25) is 0 Å². The molecule has 1 atom stereocenters. The Morgan fingerprint density at radius 3 is 2.65 bits per heavy atom. The summed E-state index contributed by atoms with van der Waals surface area (Å²) >= 11 is 12.0. The molecule has 1 heterocycles. The number of nitrogens with one attached hydrogen (secondary N) is 2. The van der Waals surface area contributed by atoms with Crippen molar-refractivity contribution >= 4 is 34.8 Å². The molecule has 0 radical (unpaired) electrons. The van der Waals surface area contributed by atoms with E-state index in [2.05, 4.69) is 22.7 Å². The van der Waals surface area contributed by atoms with E-state index in [9.17, 15) is 0 Å². The number of nitrogen functional groups attached to an aromatic ring is 1. The Balaban J connectivity index is 2.03. The van der Waals surface area contributed by atoms with Crippen molar-refractivity contribution in [3.8, 4) is 0 Å². The van der Waals surface area contributed by atoms with Crippen molar-refractivity contribution in [1.29, 1.82) is 0 Å². The minimum atomic E-state index is 0.415. The highest BCUT2D eigenvalue weighted by Gasteiger charge is 2.27. The van der Waals surface area contributed by atoms with E-state index in [1.54, 1.807) is 6.07 Å². The molecule has 1 aromatic rings. The molecular formula is C11H16Cl2N4. The van der Waals surface area contributed by atoms with Crippen molar-refractivity contribution in [2.75, 3.05) is 17.3 Å². The smallest absolute Gasteiger partial charge is 0.161 e. The van der Waals surface area contributed by atoms with Gasteiger partial charge >= 0.3 is 0 Å². The van der Waals surface area contributed by atoms with Gasteiger partial charge in [0.15, 0.2) is 5.82 Å². The van der Waals surface area contributed by atoms with Crippen LogP contribution in [0.3, 0.4) is 0 Å². The van der Waals surface area contributed by atoms with Gasteiger partial charge in [0.25, 0.3) is 0 Å². The largest absolute Gasteiger partial charge is 0.368 e. The summed E-state index contributed by atoms with van der Waals surface area (Å²) in [5.74, 6) is 7.85. The van der Waals surface area contributed by atoms with Gasteiger partial charge in [-0.05, 0) is 30.7 Å². The zero-order valence-corrected chi connectivity index (χ0v) is 11.1. The lowest BCUT2D eigenvalue weighted by Crippen LogP contribution is -2.15. The maximum Gasteiger partial charge on any atom is 0.161 e. The third-order valence-electron chi connectivity index (χ3n) is 3.08. The van der Waals surface area contributed by atoms with E-state index >= 15 is 0 Å². The molecule has 1 saturated carbocycles. The second-order valence-electron chi connectivity index (χ2n) is 4.49. The second kappa shape index (κ2) is 5.29. The number of halogens is 2. The number of nitrogens with two attached hydrogens (primary N) is 1. The van der Waals surface area contributed by atoms with Crippen LogP contribution < -0.4 is 16.6 Å². The third-order valence-corrected chi connectivity index (χ3v) is 3.66.